The van der Waals surface area contributed by atoms with Crippen molar-refractivity contribution in [3.63, 3.8) is 0 Å². The Balaban J connectivity index is 1.96. The monoisotopic (exact) mass is 353 g/mol. The fraction of sp³-hybridized carbons (Fsp3) is 0.647. The van der Waals surface area contributed by atoms with Gasteiger partial charge in [0.1, 0.15) is 5.75 Å². The number of hydrogen-bond acceptors (Lipinski definition) is 3. The molecule has 0 radical (unpaired) electrons. The molecule has 0 amide bonds. The lowest BCUT2D eigenvalue weighted by Crippen LogP contribution is -2.44. The van der Waals surface area contributed by atoms with E-state index in [0.717, 1.165) is 42.5 Å². The summed E-state index contributed by atoms with van der Waals surface area (Å²) < 4.78 is 6.91. The third kappa shape index (κ3) is 2.51. The lowest BCUT2D eigenvalue weighted by molar-refractivity contribution is -0.00486. The minimum atomic E-state index is -0.369. The van der Waals surface area contributed by atoms with E-state index in [1.54, 1.807) is 0 Å². The number of fused-ring (bicyclic) bond motifs is 1. The Bertz CT molecular complexity index is 558. The third-order valence-corrected chi connectivity index (χ3v) is 5.82. The summed E-state index contributed by atoms with van der Waals surface area (Å²) in [5.74, 6) is 1.02. The van der Waals surface area contributed by atoms with Crippen molar-refractivity contribution in [2.45, 2.75) is 45.6 Å². The standard InChI is InChI=1S/C17H24BrNO2/c1-16(2)4-5-17(10-19,15(16)20)9-12-8-13(18)7-11-3-6-21-14(11)12/h7-8,15,20H,3-6,9-10,19H2,1-2H3. The van der Waals surface area contributed by atoms with Crippen LogP contribution >= 0.6 is 15.9 Å². The number of aliphatic hydroxyl groups excluding tert-OH is 1. The van der Waals surface area contributed by atoms with Crippen LogP contribution in [-0.4, -0.2) is 24.4 Å². The largest absolute Gasteiger partial charge is 0.493 e. The summed E-state index contributed by atoms with van der Waals surface area (Å²) in [6.07, 6.45) is 3.37. The summed E-state index contributed by atoms with van der Waals surface area (Å²) >= 11 is 3.59. The highest BCUT2D eigenvalue weighted by molar-refractivity contribution is 9.10. The van der Waals surface area contributed by atoms with Gasteiger partial charge in [-0.05, 0) is 47.9 Å². The highest BCUT2D eigenvalue weighted by Gasteiger charge is 2.51. The molecule has 3 N–H and O–H groups in total. The van der Waals surface area contributed by atoms with Crippen LogP contribution in [0, 0.1) is 10.8 Å². The van der Waals surface area contributed by atoms with Gasteiger partial charge in [0.25, 0.3) is 0 Å². The van der Waals surface area contributed by atoms with E-state index in [9.17, 15) is 5.11 Å². The fourth-order valence-corrected chi connectivity index (χ4v) is 4.55. The minimum absolute atomic E-state index is 0.0601. The zero-order chi connectivity index (χ0) is 15.3. The topological polar surface area (TPSA) is 55.5 Å². The maximum atomic E-state index is 10.8. The molecule has 0 bridgehead atoms. The molecule has 1 fully saturated rings. The average Bonchev–Trinajstić information content (AvgIpc) is 2.98. The molecule has 2 atom stereocenters. The highest BCUT2D eigenvalue weighted by atomic mass is 79.9. The van der Waals surface area contributed by atoms with Crippen LogP contribution in [0.1, 0.15) is 37.8 Å². The van der Waals surface area contributed by atoms with Crippen molar-refractivity contribution in [1.29, 1.82) is 0 Å². The van der Waals surface area contributed by atoms with Crippen LogP contribution < -0.4 is 10.5 Å². The number of halogens is 1. The van der Waals surface area contributed by atoms with Gasteiger partial charge in [0.15, 0.2) is 0 Å². The molecule has 2 unspecified atom stereocenters. The lowest BCUT2D eigenvalue weighted by Gasteiger charge is -2.36. The molecule has 116 valence electrons. The van der Waals surface area contributed by atoms with Crippen molar-refractivity contribution in [2.75, 3.05) is 13.2 Å². The first kappa shape index (κ1) is 15.3. The van der Waals surface area contributed by atoms with Gasteiger partial charge in [0, 0.05) is 22.9 Å². The number of aliphatic hydroxyl groups is 1. The first-order chi connectivity index (χ1) is 9.88. The van der Waals surface area contributed by atoms with E-state index in [1.807, 2.05) is 0 Å². The smallest absolute Gasteiger partial charge is 0.125 e. The van der Waals surface area contributed by atoms with Gasteiger partial charge >= 0.3 is 0 Å². The molecule has 1 aromatic carbocycles. The van der Waals surface area contributed by atoms with Crippen LogP contribution in [0.5, 0.6) is 5.75 Å². The molecule has 2 aliphatic rings. The van der Waals surface area contributed by atoms with Gasteiger partial charge in [0.05, 0.1) is 12.7 Å². The molecule has 3 rings (SSSR count). The van der Waals surface area contributed by atoms with Crippen LogP contribution in [0.4, 0.5) is 0 Å². The van der Waals surface area contributed by atoms with Gasteiger partial charge < -0.3 is 15.6 Å². The normalized spacial score (nSPS) is 30.2. The summed E-state index contributed by atoms with van der Waals surface area (Å²) in [6, 6.07) is 4.26. The Kier molecular flexibility index (Phi) is 3.83. The summed E-state index contributed by atoms with van der Waals surface area (Å²) in [5, 5.41) is 10.8. The first-order valence-corrected chi connectivity index (χ1v) is 8.49. The second kappa shape index (κ2) is 5.25. The lowest BCUT2D eigenvalue weighted by atomic mass is 9.74. The van der Waals surface area contributed by atoms with E-state index < -0.39 is 0 Å². The molecule has 0 saturated heterocycles. The third-order valence-electron chi connectivity index (χ3n) is 5.36. The number of benzene rings is 1. The molecule has 1 aliphatic heterocycles. The Morgan fingerprint density at radius 3 is 2.76 bits per heavy atom. The molecule has 1 heterocycles. The van der Waals surface area contributed by atoms with Crippen LogP contribution in [0.25, 0.3) is 0 Å². The molecule has 0 aromatic heterocycles. The van der Waals surface area contributed by atoms with Crippen LogP contribution in [0.2, 0.25) is 0 Å². The van der Waals surface area contributed by atoms with Gasteiger partial charge in [-0.1, -0.05) is 29.8 Å². The Morgan fingerprint density at radius 2 is 2.14 bits per heavy atom. The summed E-state index contributed by atoms with van der Waals surface area (Å²) in [7, 11) is 0. The molecule has 21 heavy (non-hydrogen) atoms. The number of nitrogens with two attached hydrogens (primary N) is 1. The summed E-state index contributed by atoms with van der Waals surface area (Å²) in [5.41, 5.74) is 8.25. The van der Waals surface area contributed by atoms with Crippen molar-refractivity contribution in [2.24, 2.45) is 16.6 Å². The van der Waals surface area contributed by atoms with E-state index in [4.69, 9.17) is 10.5 Å². The van der Waals surface area contributed by atoms with Gasteiger partial charge in [0.2, 0.25) is 0 Å². The summed E-state index contributed by atoms with van der Waals surface area (Å²) in [4.78, 5) is 0. The van der Waals surface area contributed by atoms with Crippen LogP contribution in [0.15, 0.2) is 16.6 Å². The second-order valence-corrected chi connectivity index (χ2v) is 8.20. The quantitative estimate of drug-likeness (QED) is 0.877. The fourth-order valence-electron chi connectivity index (χ4n) is 4.00. The van der Waals surface area contributed by atoms with Gasteiger partial charge in [-0.15, -0.1) is 0 Å². The van der Waals surface area contributed by atoms with Crippen LogP contribution in [-0.2, 0) is 12.8 Å². The molecule has 1 aromatic rings. The van der Waals surface area contributed by atoms with Crippen molar-refractivity contribution < 1.29 is 9.84 Å². The van der Waals surface area contributed by atoms with Crippen molar-refractivity contribution in [3.8, 4) is 5.75 Å². The van der Waals surface area contributed by atoms with Gasteiger partial charge in [-0.2, -0.15) is 0 Å². The predicted molar refractivity (Wildman–Crippen MR) is 87.6 cm³/mol. The maximum absolute atomic E-state index is 10.8. The number of ether oxygens (including phenoxy) is 1. The van der Waals surface area contributed by atoms with E-state index in [2.05, 4.69) is 41.9 Å². The van der Waals surface area contributed by atoms with E-state index >= 15 is 0 Å². The zero-order valence-electron chi connectivity index (χ0n) is 12.8. The Labute approximate surface area is 135 Å². The van der Waals surface area contributed by atoms with Crippen molar-refractivity contribution >= 4 is 15.9 Å². The second-order valence-electron chi connectivity index (χ2n) is 7.29. The zero-order valence-corrected chi connectivity index (χ0v) is 14.4. The van der Waals surface area contributed by atoms with E-state index in [1.165, 1.54) is 11.1 Å². The first-order valence-electron chi connectivity index (χ1n) is 7.70. The highest BCUT2D eigenvalue weighted by Crippen LogP contribution is 2.51. The molecular formula is C17H24BrNO2. The average molecular weight is 354 g/mol. The minimum Gasteiger partial charge on any atom is -0.493 e. The molecule has 3 nitrogen and oxygen atoms in total. The van der Waals surface area contributed by atoms with Crippen molar-refractivity contribution in [3.05, 3.63) is 27.7 Å². The number of rotatable bonds is 3. The maximum Gasteiger partial charge on any atom is 0.125 e. The molecular weight excluding hydrogens is 330 g/mol. The number of hydrogen-bond donors (Lipinski definition) is 2. The SMILES string of the molecule is CC1(C)CCC(CN)(Cc2cc(Br)cc3c2OCC3)C1O. The van der Waals surface area contributed by atoms with Gasteiger partial charge in [-0.3, -0.25) is 0 Å². The molecule has 1 saturated carbocycles. The Morgan fingerprint density at radius 1 is 1.38 bits per heavy atom. The van der Waals surface area contributed by atoms with Crippen molar-refractivity contribution in [1.82, 2.24) is 0 Å². The van der Waals surface area contributed by atoms with E-state index in [-0.39, 0.29) is 16.9 Å². The Hall–Kier alpha value is -0.580. The molecule has 4 heteroatoms. The summed E-state index contributed by atoms with van der Waals surface area (Å²) in [6.45, 7) is 5.54. The predicted octanol–water partition coefficient (Wildman–Crippen LogP) is 3.05. The molecule has 1 aliphatic carbocycles. The van der Waals surface area contributed by atoms with Gasteiger partial charge in [-0.25, -0.2) is 0 Å². The van der Waals surface area contributed by atoms with Crippen LogP contribution in [0.3, 0.4) is 0 Å². The molecule has 0 spiro atoms. The van der Waals surface area contributed by atoms with E-state index in [0.29, 0.717) is 6.54 Å².